The molecule has 1 saturated carbocycles. The highest BCUT2D eigenvalue weighted by molar-refractivity contribution is 7.89. The van der Waals surface area contributed by atoms with Crippen molar-refractivity contribution >= 4 is 27.3 Å². The molecule has 1 fully saturated rings. The van der Waals surface area contributed by atoms with E-state index < -0.39 is 10.0 Å². The van der Waals surface area contributed by atoms with Gasteiger partial charge in [0.05, 0.1) is 15.6 Å². The van der Waals surface area contributed by atoms with Crippen LogP contribution in [0.4, 0.5) is 5.69 Å². The van der Waals surface area contributed by atoms with Gasteiger partial charge >= 0.3 is 0 Å². The Hall–Kier alpha value is -0.780. The standard InChI is InChI=1S/C12H17ClN2O2S/c1-8-2-3-9(6-8)15-12-7-10(18(14,16)17)4-5-11(12)13/h4-5,7-9,15H,2-3,6H2,1H3,(H2,14,16,17). The van der Waals surface area contributed by atoms with Gasteiger partial charge in [0.2, 0.25) is 10.0 Å². The SMILES string of the molecule is CC1CCC(Nc2cc(S(N)(=O)=O)ccc2Cl)C1. The Morgan fingerprint density at radius 3 is 2.67 bits per heavy atom. The molecule has 4 nitrogen and oxygen atoms in total. The maximum absolute atomic E-state index is 11.3. The molecule has 0 amide bonds. The molecular formula is C12H17ClN2O2S. The van der Waals surface area contributed by atoms with Gasteiger partial charge in [-0.3, -0.25) is 0 Å². The van der Waals surface area contributed by atoms with Gasteiger partial charge in [-0.2, -0.15) is 0 Å². The summed E-state index contributed by atoms with van der Waals surface area (Å²) in [6.07, 6.45) is 3.34. The molecule has 2 unspecified atom stereocenters. The Balaban J connectivity index is 2.22. The van der Waals surface area contributed by atoms with Crippen molar-refractivity contribution in [2.45, 2.75) is 37.1 Å². The lowest BCUT2D eigenvalue weighted by Gasteiger charge is -2.16. The molecule has 2 rings (SSSR count). The lowest BCUT2D eigenvalue weighted by molar-refractivity contribution is 0.597. The summed E-state index contributed by atoms with van der Waals surface area (Å²) in [6.45, 7) is 2.21. The average molecular weight is 289 g/mol. The van der Waals surface area contributed by atoms with Gasteiger partial charge < -0.3 is 5.32 Å². The maximum Gasteiger partial charge on any atom is 0.238 e. The zero-order valence-electron chi connectivity index (χ0n) is 10.2. The number of sulfonamides is 1. The molecule has 3 N–H and O–H groups in total. The van der Waals surface area contributed by atoms with Crippen molar-refractivity contribution in [3.8, 4) is 0 Å². The fourth-order valence-corrected chi connectivity index (χ4v) is 3.06. The highest BCUT2D eigenvalue weighted by atomic mass is 35.5. The van der Waals surface area contributed by atoms with Crippen LogP contribution in [0.2, 0.25) is 5.02 Å². The van der Waals surface area contributed by atoms with Crippen molar-refractivity contribution in [2.75, 3.05) is 5.32 Å². The number of rotatable bonds is 3. The molecule has 1 aromatic rings. The Kier molecular flexibility index (Phi) is 3.84. The number of hydrogen-bond acceptors (Lipinski definition) is 3. The molecular weight excluding hydrogens is 272 g/mol. The van der Waals surface area contributed by atoms with E-state index in [0.29, 0.717) is 22.7 Å². The fourth-order valence-electron chi connectivity index (χ4n) is 2.35. The molecule has 1 aromatic carbocycles. The normalized spacial score (nSPS) is 24.2. The molecule has 1 aliphatic rings. The smallest absolute Gasteiger partial charge is 0.238 e. The second kappa shape index (κ2) is 5.07. The molecule has 2 atom stereocenters. The second-order valence-corrected chi connectivity index (χ2v) is 6.91. The zero-order valence-corrected chi connectivity index (χ0v) is 11.8. The van der Waals surface area contributed by atoms with E-state index in [1.807, 2.05) is 0 Å². The summed E-state index contributed by atoms with van der Waals surface area (Å²) >= 11 is 6.06. The van der Waals surface area contributed by atoms with Crippen LogP contribution in [0, 0.1) is 5.92 Å². The van der Waals surface area contributed by atoms with Crippen LogP contribution in [-0.4, -0.2) is 14.5 Å². The van der Waals surface area contributed by atoms with Crippen LogP contribution in [0.15, 0.2) is 23.1 Å². The summed E-state index contributed by atoms with van der Waals surface area (Å²) in [4.78, 5) is 0.0837. The van der Waals surface area contributed by atoms with Crippen LogP contribution in [0.25, 0.3) is 0 Å². The van der Waals surface area contributed by atoms with E-state index in [1.54, 1.807) is 6.07 Å². The third-order valence-corrected chi connectivity index (χ3v) is 4.56. The van der Waals surface area contributed by atoms with Gasteiger partial charge in [-0.05, 0) is 43.4 Å². The average Bonchev–Trinajstić information content (AvgIpc) is 2.66. The number of nitrogens with one attached hydrogen (secondary N) is 1. The molecule has 6 heteroatoms. The monoisotopic (exact) mass is 288 g/mol. The molecule has 0 radical (unpaired) electrons. The minimum absolute atomic E-state index is 0.0837. The summed E-state index contributed by atoms with van der Waals surface area (Å²) in [5, 5.41) is 8.92. The highest BCUT2D eigenvalue weighted by Gasteiger charge is 2.22. The molecule has 1 aliphatic carbocycles. The topological polar surface area (TPSA) is 72.2 Å². The van der Waals surface area contributed by atoms with E-state index in [0.717, 1.165) is 12.8 Å². The van der Waals surface area contributed by atoms with Gasteiger partial charge in [-0.1, -0.05) is 18.5 Å². The molecule has 100 valence electrons. The van der Waals surface area contributed by atoms with Crippen LogP contribution in [0.1, 0.15) is 26.2 Å². The van der Waals surface area contributed by atoms with E-state index in [1.165, 1.54) is 18.6 Å². The molecule has 0 bridgehead atoms. The van der Waals surface area contributed by atoms with Crippen molar-refractivity contribution in [1.29, 1.82) is 0 Å². The van der Waals surface area contributed by atoms with Crippen molar-refractivity contribution < 1.29 is 8.42 Å². The van der Waals surface area contributed by atoms with E-state index in [4.69, 9.17) is 16.7 Å². The third kappa shape index (κ3) is 3.16. The van der Waals surface area contributed by atoms with E-state index in [9.17, 15) is 8.42 Å². The number of primary sulfonamides is 1. The van der Waals surface area contributed by atoms with Gasteiger partial charge in [-0.25, -0.2) is 13.6 Å². The van der Waals surface area contributed by atoms with E-state index in [2.05, 4.69) is 12.2 Å². The van der Waals surface area contributed by atoms with Crippen molar-refractivity contribution in [3.05, 3.63) is 23.2 Å². The van der Waals surface area contributed by atoms with Gasteiger partial charge in [0.15, 0.2) is 0 Å². The minimum atomic E-state index is -3.69. The van der Waals surface area contributed by atoms with Gasteiger partial charge in [0, 0.05) is 6.04 Å². The predicted octanol–water partition coefficient (Wildman–Crippen LogP) is 2.59. The summed E-state index contributed by atoms with van der Waals surface area (Å²) in [5.74, 6) is 0.697. The first-order valence-electron chi connectivity index (χ1n) is 5.95. The van der Waals surface area contributed by atoms with Crippen LogP contribution in [0.5, 0.6) is 0 Å². The van der Waals surface area contributed by atoms with Gasteiger partial charge in [0.25, 0.3) is 0 Å². The molecule has 0 saturated heterocycles. The lowest BCUT2D eigenvalue weighted by atomic mass is 10.1. The van der Waals surface area contributed by atoms with Crippen molar-refractivity contribution in [3.63, 3.8) is 0 Å². The van der Waals surface area contributed by atoms with Gasteiger partial charge in [-0.15, -0.1) is 0 Å². The Morgan fingerprint density at radius 2 is 2.11 bits per heavy atom. The summed E-state index contributed by atoms with van der Waals surface area (Å²) in [7, 11) is -3.69. The molecule has 0 aliphatic heterocycles. The zero-order chi connectivity index (χ0) is 13.3. The quantitative estimate of drug-likeness (QED) is 0.898. The number of anilines is 1. The predicted molar refractivity (Wildman–Crippen MR) is 73.3 cm³/mol. The Labute approximate surface area is 113 Å². The number of hydrogen-bond donors (Lipinski definition) is 2. The number of benzene rings is 1. The largest absolute Gasteiger partial charge is 0.381 e. The summed E-state index contributed by atoms with van der Waals surface area (Å²) in [5.41, 5.74) is 0.641. The molecule has 0 aromatic heterocycles. The van der Waals surface area contributed by atoms with Crippen molar-refractivity contribution in [1.82, 2.24) is 0 Å². The number of halogens is 1. The third-order valence-electron chi connectivity index (χ3n) is 3.32. The molecule has 0 heterocycles. The Morgan fingerprint density at radius 1 is 1.39 bits per heavy atom. The first-order valence-corrected chi connectivity index (χ1v) is 7.87. The van der Waals surface area contributed by atoms with Crippen LogP contribution in [-0.2, 0) is 10.0 Å². The van der Waals surface area contributed by atoms with E-state index >= 15 is 0 Å². The minimum Gasteiger partial charge on any atom is -0.381 e. The fraction of sp³-hybridized carbons (Fsp3) is 0.500. The molecule has 0 spiro atoms. The second-order valence-electron chi connectivity index (χ2n) is 4.95. The highest BCUT2D eigenvalue weighted by Crippen LogP contribution is 2.31. The van der Waals surface area contributed by atoms with Gasteiger partial charge in [0.1, 0.15) is 0 Å². The van der Waals surface area contributed by atoms with Crippen LogP contribution < -0.4 is 10.5 Å². The number of nitrogens with two attached hydrogens (primary N) is 1. The van der Waals surface area contributed by atoms with Crippen LogP contribution >= 0.6 is 11.6 Å². The van der Waals surface area contributed by atoms with Crippen molar-refractivity contribution in [2.24, 2.45) is 11.1 Å². The maximum atomic E-state index is 11.3. The summed E-state index contributed by atoms with van der Waals surface area (Å²) < 4.78 is 22.6. The first kappa shape index (κ1) is 13.6. The lowest BCUT2D eigenvalue weighted by Crippen LogP contribution is -2.17. The first-order chi connectivity index (χ1) is 8.36. The van der Waals surface area contributed by atoms with E-state index in [-0.39, 0.29) is 4.90 Å². The molecule has 18 heavy (non-hydrogen) atoms. The Bertz CT molecular complexity index is 545. The van der Waals surface area contributed by atoms with Crippen LogP contribution in [0.3, 0.4) is 0 Å². The summed E-state index contributed by atoms with van der Waals surface area (Å²) in [6, 6.07) is 4.83.